The molecule has 1 aliphatic heterocycles. The number of hydrogen-bond acceptors (Lipinski definition) is 1. The van der Waals surface area contributed by atoms with Gasteiger partial charge < -0.3 is 4.74 Å². The number of hydrogen-bond donors (Lipinski definition) is 0. The van der Waals surface area contributed by atoms with E-state index >= 15 is 0 Å². The van der Waals surface area contributed by atoms with E-state index in [-0.39, 0.29) is 11.2 Å². The molecule has 14 heavy (non-hydrogen) atoms. The molecule has 74 valence electrons. The molecule has 2 aliphatic rings. The van der Waals surface area contributed by atoms with Crippen LogP contribution in [0.1, 0.15) is 24.8 Å². The van der Waals surface area contributed by atoms with Crippen LogP contribution in [0.2, 0.25) is 0 Å². The van der Waals surface area contributed by atoms with Crippen molar-refractivity contribution < 1.29 is 9.13 Å². The molecule has 0 spiro atoms. The Kier molecular flexibility index (Phi) is 1.68. The average molecular weight is 192 g/mol. The molecular weight excluding hydrogens is 179 g/mol. The van der Waals surface area contributed by atoms with Crippen molar-refractivity contribution in [3.63, 3.8) is 0 Å². The molecule has 1 heterocycles. The van der Waals surface area contributed by atoms with Crippen LogP contribution in [0.4, 0.5) is 4.39 Å². The Morgan fingerprint density at radius 2 is 2.21 bits per heavy atom. The zero-order chi connectivity index (χ0) is 9.60. The third kappa shape index (κ3) is 1.04. The van der Waals surface area contributed by atoms with Crippen molar-refractivity contribution in [3.05, 3.63) is 35.6 Å². The van der Waals surface area contributed by atoms with Crippen LogP contribution in [0.15, 0.2) is 24.3 Å². The van der Waals surface area contributed by atoms with Crippen LogP contribution in [0.5, 0.6) is 0 Å². The molecule has 0 amide bonds. The number of benzene rings is 1. The zero-order valence-electron chi connectivity index (χ0n) is 8.00. The highest BCUT2D eigenvalue weighted by Crippen LogP contribution is 2.48. The van der Waals surface area contributed by atoms with E-state index in [1.54, 1.807) is 12.1 Å². The van der Waals surface area contributed by atoms with Crippen LogP contribution < -0.4 is 0 Å². The van der Waals surface area contributed by atoms with Gasteiger partial charge in [0.2, 0.25) is 0 Å². The van der Waals surface area contributed by atoms with E-state index in [0.29, 0.717) is 12.7 Å². The maximum Gasteiger partial charge on any atom is 0.127 e. The van der Waals surface area contributed by atoms with Crippen molar-refractivity contribution in [2.45, 2.75) is 30.8 Å². The monoisotopic (exact) mass is 192 g/mol. The summed E-state index contributed by atoms with van der Waals surface area (Å²) in [5, 5.41) is 0. The number of fused-ring (bicyclic) bond motifs is 2. The van der Waals surface area contributed by atoms with E-state index < -0.39 is 0 Å². The van der Waals surface area contributed by atoms with Gasteiger partial charge in [-0.05, 0) is 30.9 Å². The molecule has 1 aromatic carbocycles. The SMILES string of the molecule is Fc1ccccc1C12CCC(C1)OC2. The van der Waals surface area contributed by atoms with E-state index in [1.807, 2.05) is 12.1 Å². The Morgan fingerprint density at radius 1 is 1.36 bits per heavy atom. The van der Waals surface area contributed by atoms with Gasteiger partial charge in [-0.25, -0.2) is 4.39 Å². The van der Waals surface area contributed by atoms with Crippen molar-refractivity contribution in [2.75, 3.05) is 6.61 Å². The van der Waals surface area contributed by atoms with E-state index in [4.69, 9.17) is 4.74 Å². The second-order valence-electron chi connectivity index (χ2n) is 4.44. The minimum absolute atomic E-state index is 0.00396. The quantitative estimate of drug-likeness (QED) is 0.664. The third-order valence-corrected chi connectivity index (χ3v) is 3.60. The second-order valence-corrected chi connectivity index (χ2v) is 4.44. The Balaban J connectivity index is 2.06. The van der Waals surface area contributed by atoms with Gasteiger partial charge in [-0.2, -0.15) is 0 Å². The van der Waals surface area contributed by atoms with Gasteiger partial charge in [0.1, 0.15) is 5.82 Å². The summed E-state index contributed by atoms with van der Waals surface area (Å²) < 4.78 is 19.2. The number of rotatable bonds is 1. The molecular formula is C12H13FO. The highest BCUT2D eigenvalue weighted by atomic mass is 19.1. The Morgan fingerprint density at radius 3 is 2.79 bits per heavy atom. The van der Waals surface area contributed by atoms with Crippen LogP contribution >= 0.6 is 0 Å². The normalized spacial score (nSPS) is 35.1. The molecule has 2 fully saturated rings. The zero-order valence-corrected chi connectivity index (χ0v) is 8.00. The largest absolute Gasteiger partial charge is 0.377 e. The van der Waals surface area contributed by atoms with E-state index in [0.717, 1.165) is 24.8 Å². The van der Waals surface area contributed by atoms with Gasteiger partial charge in [-0.15, -0.1) is 0 Å². The van der Waals surface area contributed by atoms with Gasteiger partial charge >= 0.3 is 0 Å². The van der Waals surface area contributed by atoms with Crippen molar-refractivity contribution in [1.82, 2.24) is 0 Å². The summed E-state index contributed by atoms with van der Waals surface area (Å²) in [5.74, 6) is -0.0707. The van der Waals surface area contributed by atoms with Gasteiger partial charge in [0.05, 0.1) is 12.7 Å². The van der Waals surface area contributed by atoms with Crippen LogP contribution in [0.3, 0.4) is 0 Å². The molecule has 1 aliphatic carbocycles. The highest BCUT2D eigenvalue weighted by Gasteiger charge is 2.48. The first-order chi connectivity index (χ1) is 6.80. The Bertz CT molecular complexity index is 353. The van der Waals surface area contributed by atoms with Crippen molar-refractivity contribution in [1.29, 1.82) is 0 Å². The van der Waals surface area contributed by atoms with E-state index in [9.17, 15) is 4.39 Å². The lowest BCUT2D eigenvalue weighted by molar-refractivity contribution is 0.0692. The van der Waals surface area contributed by atoms with Gasteiger partial charge in [-0.3, -0.25) is 0 Å². The predicted octanol–water partition coefficient (Wildman–Crippen LogP) is 2.65. The molecule has 0 aromatic heterocycles. The molecule has 3 rings (SSSR count). The van der Waals surface area contributed by atoms with Gasteiger partial charge in [0.15, 0.2) is 0 Å². The summed E-state index contributed by atoms with van der Waals surface area (Å²) in [5.41, 5.74) is 0.857. The van der Waals surface area contributed by atoms with Crippen molar-refractivity contribution in [2.24, 2.45) is 0 Å². The molecule has 1 aromatic rings. The molecule has 2 unspecified atom stereocenters. The van der Waals surface area contributed by atoms with Gasteiger partial charge in [0, 0.05) is 5.41 Å². The summed E-state index contributed by atoms with van der Waals surface area (Å²) >= 11 is 0. The summed E-state index contributed by atoms with van der Waals surface area (Å²) in [7, 11) is 0. The van der Waals surface area contributed by atoms with Crippen LogP contribution in [-0.4, -0.2) is 12.7 Å². The van der Waals surface area contributed by atoms with Crippen LogP contribution in [0.25, 0.3) is 0 Å². The first-order valence-electron chi connectivity index (χ1n) is 5.17. The summed E-state index contributed by atoms with van der Waals surface area (Å²) in [4.78, 5) is 0. The summed E-state index contributed by atoms with van der Waals surface area (Å²) in [6.07, 6.45) is 3.57. The van der Waals surface area contributed by atoms with Crippen LogP contribution in [0, 0.1) is 5.82 Å². The Labute approximate surface area is 82.9 Å². The molecule has 1 saturated carbocycles. The molecule has 0 radical (unpaired) electrons. The number of halogens is 1. The summed E-state index contributed by atoms with van der Waals surface area (Å²) in [6.45, 7) is 0.707. The third-order valence-electron chi connectivity index (χ3n) is 3.60. The maximum absolute atomic E-state index is 13.6. The van der Waals surface area contributed by atoms with Crippen molar-refractivity contribution >= 4 is 0 Å². The fourth-order valence-corrected chi connectivity index (χ4v) is 2.84. The summed E-state index contributed by atoms with van der Waals surface area (Å²) in [6, 6.07) is 7.12. The fraction of sp³-hybridized carbons (Fsp3) is 0.500. The minimum atomic E-state index is -0.0707. The molecule has 2 atom stereocenters. The first-order valence-corrected chi connectivity index (χ1v) is 5.17. The topological polar surface area (TPSA) is 9.23 Å². The van der Waals surface area contributed by atoms with Gasteiger partial charge in [-0.1, -0.05) is 18.2 Å². The van der Waals surface area contributed by atoms with E-state index in [1.165, 1.54) is 0 Å². The molecule has 2 bridgehead atoms. The highest BCUT2D eigenvalue weighted by molar-refractivity contribution is 5.30. The molecule has 2 heteroatoms. The predicted molar refractivity (Wildman–Crippen MR) is 51.7 cm³/mol. The lowest BCUT2D eigenvalue weighted by Gasteiger charge is -2.26. The van der Waals surface area contributed by atoms with E-state index in [2.05, 4.69) is 0 Å². The van der Waals surface area contributed by atoms with Crippen LogP contribution in [-0.2, 0) is 10.2 Å². The Hall–Kier alpha value is -0.890. The number of ether oxygens (including phenoxy) is 1. The molecule has 1 saturated heterocycles. The fourth-order valence-electron chi connectivity index (χ4n) is 2.84. The standard InChI is InChI=1S/C12H13FO/c13-11-4-2-1-3-10(11)12-6-5-9(7-12)14-8-12/h1-4,9H,5-8H2. The molecule has 0 N–H and O–H groups in total. The lowest BCUT2D eigenvalue weighted by atomic mass is 9.80. The average Bonchev–Trinajstić information content (AvgIpc) is 2.79. The second kappa shape index (κ2) is 2.80. The minimum Gasteiger partial charge on any atom is -0.377 e. The smallest absolute Gasteiger partial charge is 0.127 e. The lowest BCUT2D eigenvalue weighted by Crippen LogP contribution is -2.26. The van der Waals surface area contributed by atoms with Crippen molar-refractivity contribution in [3.8, 4) is 0 Å². The maximum atomic E-state index is 13.6. The molecule has 1 nitrogen and oxygen atoms in total. The van der Waals surface area contributed by atoms with Gasteiger partial charge in [0.25, 0.3) is 0 Å². The first kappa shape index (κ1) is 8.42.